The van der Waals surface area contributed by atoms with E-state index in [1.54, 1.807) is 17.8 Å². The highest BCUT2D eigenvalue weighted by molar-refractivity contribution is 5.70. The minimum atomic E-state index is 0.00685. The molecule has 6 nitrogen and oxygen atoms in total. The van der Waals surface area contributed by atoms with Gasteiger partial charge in [0.25, 0.3) is 0 Å². The molecule has 0 atom stereocenters. The van der Waals surface area contributed by atoms with Crippen molar-refractivity contribution >= 4 is 11.2 Å². The molecule has 1 saturated heterocycles. The predicted molar refractivity (Wildman–Crippen MR) is 63.9 cm³/mol. The lowest BCUT2D eigenvalue weighted by atomic mass is 10.1. The molecule has 3 heterocycles. The molecule has 0 radical (unpaired) electrons. The second kappa shape index (κ2) is 3.96. The summed E-state index contributed by atoms with van der Waals surface area (Å²) >= 11 is 0. The largest absolute Gasteiger partial charge is 0.330 e. The molecule has 1 aliphatic rings. The summed E-state index contributed by atoms with van der Waals surface area (Å²) in [7, 11) is 1.77. The summed E-state index contributed by atoms with van der Waals surface area (Å²) in [6.45, 7) is 1.91. The zero-order chi connectivity index (χ0) is 11.8. The number of imidazole rings is 1. The second-order valence-electron chi connectivity index (χ2n) is 4.42. The molecule has 90 valence electrons. The topological polar surface area (TPSA) is 64.7 Å². The lowest BCUT2D eigenvalue weighted by molar-refractivity contribution is 0.364. The minimum absolute atomic E-state index is 0.00685. The molecule has 1 aliphatic heterocycles. The Morgan fingerprint density at radius 3 is 2.94 bits per heavy atom. The molecule has 3 rings (SSSR count). The van der Waals surface area contributed by atoms with Gasteiger partial charge in [0, 0.05) is 13.1 Å². The second-order valence-corrected chi connectivity index (χ2v) is 4.42. The zero-order valence-corrected chi connectivity index (χ0v) is 9.76. The summed E-state index contributed by atoms with van der Waals surface area (Å²) in [5, 5.41) is 3.30. The molecule has 0 aromatic carbocycles. The Balaban J connectivity index is 2.21. The van der Waals surface area contributed by atoms with Gasteiger partial charge in [-0.2, -0.15) is 0 Å². The third-order valence-corrected chi connectivity index (χ3v) is 3.43. The van der Waals surface area contributed by atoms with Crippen LogP contribution in [-0.4, -0.2) is 32.2 Å². The lowest BCUT2D eigenvalue weighted by Gasteiger charge is -2.23. The van der Waals surface area contributed by atoms with Crippen LogP contribution in [-0.2, 0) is 7.05 Å². The van der Waals surface area contributed by atoms with Crippen molar-refractivity contribution in [2.45, 2.75) is 18.9 Å². The number of nitrogens with one attached hydrogen (secondary N) is 1. The number of rotatable bonds is 1. The summed E-state index contributed by atoms with van der Waals surface area (Å²) < 4.78 is 3.44. The van der Waals surface area contributed by atoms with Crippen molar-refractivity contribution in [2.24, 2.45) is 7.05 Å². The number of fused-ring (bicyclic) bond motifs is 1. The van der Waals surface area contributed by atoms with Gasteiger partial charge >= 0.3 is 5.69 Å². The first-order valence-electron chi connectivity index (χ1n) is 5.86. The van der Waals surface area contributed by atoms with Gasteiger partial charge in [-0.25, -0.2) is 14.8 Å². The molecule has 2 aromatic heterocycles. The van der Waals surface area contributed by atoms with Gasteiger partial charge in [-0.1, -0.05) is 0 Å². The van der Waals surface area contributed by atoms with Crippen LogP contribution < -0.4 is 11.0 Å². The van der Waals surface area contributed by atoms with Crippen LogP contribution in [0.1, 0.15) is 18.9 Å². The number of piperidine rings is 1. The van der Waals surface area contributed by atoms with Gasteiger partial charge in [-0.05, 0) is 25.9 Å². The summed E-state index contributed by atoms with van der Waals surface area (Å²) in [5.74, 6) is 0. The van der Waals surface area contributed by atoms with Gasteiger partial charge in [-0.15, -0.1) is 0 Å². The highest BCUT2D eigenvalue weighted by atomic mass is 16.1. The van der Waals surface area contributed by atoms with Gasteiger partial charge < -0.3 is 5.32 Å². The summed E-state index contributed by atoms with van der Waals surface area (Å²) in [6, 6.07) is 0.252. The average Bonchev–Trinajstić information content (AvgIpc) is 2.64. The number of nitrogens with zero attached hydrogens (tertiary/aromatic N) is 4. The summed E-state index contributed by atoms with van der Waals surface area (Å²) in [6.07, 6.45) is 5.15. The van der Waals surface area contributed by atoms with E-state index in [0.717, 1.165) is 37.1 Å². The molecule has 1 fully saturated rings. The minimum Gasteiger partial charge on any atom is -0.317 e. The van der Waals surface area contributed by atoms with Crippen molar-refractivity contribution in [1.29, 1.82) is 0 Å². The highest BCUT2D eigenvalue weighted by Gasteiger charge is 2.21. The molecule has 0 unspecified atom stereocenters. The van der Waals surface area contributed by atoms with E-state index in [1.807, 2.05) is 4.57 Å². The normalized spacial score (nSPS) is 17.7. The van der Waals surface area contributed by atoms with Crippen LogP contribution >= 0.6 is 0 Å². The maximum absolute atomic E-state index is 12.2. The number of hydrogen-bond donors (Lipinski definition) is 1. The Kier molecular flexibility index (Phi) is 2.44. The Labute approximate surface area is 98.3 Å². The Bertz CT molecular complexity index is 593. The van der Waals surface area contributed by atoms with E-state index in [2.05, 4.69) is 15.3 Å². The fourth-order valence-corrected chi connectivity index (χ4v) is 2.49. The van der Waals surface area contributed by atoms with E-state index in [9.17, 15) is 4.79 Å². The van der Waals surface area contributed by atoms with Gasteiger partial charge in [0.15, 0.2) is 5.65 Å². The fraction of sp³-hybridized carbons (Fsp3) is 0.545. The van der Waals surface area contributed by atoms with E-state index in [4.69, 9.17) is 0 Å². The van der Waals surface area contributed by atoms with Crippen LogP contribution in [0.2, 0.25) is 0 Å². The van der Waals surface area contributed by atoms with Gasteiger partial charge in [0.2, 0.25) is 0 Å². The van der Waals surface area contributed by atoms with Crippen molar-refractivity contribution in [3.05, 3.63) is 23.0 Å². The van der Waals surface area contributed by atoms with Crippen LogP contribution in [0.4, 0.5) is 0 Å². The molecule has 0 amide bonds. The van der Waals surface area contributed by atoms with Crippen molar-refractivity contribution < 1.29 is 0 Å². The highest BCUT2D eigenvalue weighted by Crippen LogP contribution is 2.20. The Morgan fingerprint density at radius 2 is 2.18 bits per heavy atom. The molecule has 6 heteroatoms. The third-order valence-electron chi connectivity index (χ3n) is 3.43. The van der Waals surface area contributed by atoms with Gasteiger partial charge in [0.05, 0.1) is 6.20 Å². The van der Waals surface area contributed by atoms with Crippen LogP contribution in [0, 0.1) is 0 Å². The van der Waals surface area contributed by atoms with E-state index in [0.29, 0.717) is 0 Å². The van der Waals surface area contributed by atoms with E-state index >= 15 is 0 Å². The Morgan fingerprint density at radius 1 is 1.41 bits per heavy atom. The van der Waals surface area contributed by atoms with Crippen molar-refractivity contribution in [3.8, 4) is 0 Å². The summed E-state index contributed by atoms with van der Waals surface area (Å²) in [4.78, 5) is 20.5. The lowest BCUT2D eigenvalue weighted by Crippen LogP contribution is -2.34. The molecule has 0 aliphatic carbocycles. The molecule has 0 spiro atoms. The van der Waals surface area contributed by atoms with Gasteiger partial charge in [0.1, 0.15) is 11.8 Å². The first kappa shape index (κ1) is 10.5. The van der Waals surface area contributed by atoms with Crippen LogP contribution in [0.15, 0.2) is 17.3 Å². The van der Waals surface area contributed by atoms with E-state index in [1.165, 1.54) is 6.33 Å². The molecular weight excluding hydrogens is 218 g/mol. The van der Waals surface area contributed by atoms with Crippen molar-refractivity contribution in [3.63, 3.8) is 0 Å². The molecule has 2 aromatic rings. The van der Waals surface area contributed by atoms with E-state index < -0.39 is 0 Å². The van der Waals surface area contributed by atoms with Crippen LogP contribution in [0.3, 0.4) is 0 Å². The zero-order valence-electron chi connectivity index (χ0n) is 9.76. The van der Waals surface area contributed by atoms with Crippen molar-refractivity contribution in [2.75, 3.05) is 13.1 Å². The predicted octanol–water partition coefficient (Wildman–Crippen LogP) is 0.0545. The number of aryl methyl sites for hydroxylation is 1. The quantitative estimate of drug-likeness (QED) is 0.756. The van der Waals surface area contributed by atoms with Gasteiger partial charge in [-0.3, -0.25) is 9.13 Å². The standard InChI is InChI=1S/C11H15N5O/c1-15-9-6-13-7-14-10(9)16(11(15)17)8-2-4-12-5-3-8/h6-8,12H,2-5H2,1H3. The van der Waals surface area contributed by atoms with Crippen molar-refractivity contribution in [1.82, 2.24) is 24.4 Å². The number of hydrogen-bond acceptors (Lipinski definition) is 4. The van der Waals surface area contributed by atoms with Crippen LogP contribution in [0.5, 0.6) is 0 Å². The first-order chi connectivity index (χ1) is 8.29. The fourth-order valence-electron chi connectivity index (χ4n) is 2.49. The Hall–Kier alpha value is -1.69. The van der Waals surface area contributed by atoms with E-state index in [-0.39, 0.29) is 11.7 Å². The summed E-state index contributed by atoms with van der Waals surface area (Å²) in [5.41, 5.74) is 1.56. The van der Waals surface area contributed by atoms with Crippen LogP contribution in [0.25, 0.3) is 11.2 Å². The molecule has 0 bridgehead atoms. The molecular formula is C11H15N5O. The number of aromatic nitrogens is 4. The molecule has 17 heavy (non-hydrogen) atoms. The average molecular weight is 233 g/mol. The first-order valence-corrected chi connectivity index (χ1v) is 5.86. The monoisotopic (exact) mass is 233 g/mol. The smallest absolute Gasteiger partial charge is 0.317 e. The third kappa shape index (κ3) is 1.56. The maximum Gasteiger partial charge on any atom is 0.330 e. The molecule has 0 saturated carbocycles. The SMILES string of the molecule is Cn1c(=O)n(C2CCNCC2)c2ncncc21. The maximum atomic E-state index is 12.2. The molecule has 1 N–H and O–H groups in total.